The van der Waals surface area contributed by atoms with E-state index in [1.54, 1.807) is 0 Å². The number of hydrogen-bond donors (Lipinski definition) is 0. The molecule has 0 fully saturated rings. The number of Topliss-reactive ketones (excluding diaryl/α,β-unsaturated/α-hetero) is 1. The van der Waals surface area contributed by atoms with E-state index in [-0.39, 0.29) is 30.1 Å². The van der Waals surface area contributed by atoms with E-state index in [4.69, 9.17) is 0 Å². The van der Waals surface area contributed by atoms with Gasteiger partial charge in [0.15, 0.2) is 5.78 Å². The van der Waals surface area contributed by atoms with Crippen LogP contribution in [0.1, 0.15) is 30.1 Å². The number of carboxylic acids is 1. The normalized spacial score (nSPS) is 11.6. The van der Waals surface area contributed by atoms with Crippen molar-refractivity contribution in [3.8, 4) is 0 Å². The number of carboxylic acid groups (broad SMARTS) is 1. The number of benzene rings is 1. The van der Waals surface area contributed by atoms with Crippen molar-refractivity contribution in [2.45, 2.75) is 24.7 Å². The lowest BCUT2D eigenvalue weighted by molar-refractivity contribution is -0.305. The van der Waals surface area contributed by atoms with Gasteiger partial charge in [-0.1, -0.05) is 12.1 Å². The van der Waals surface area contributed by atoms with E-state index in [9.17, 15) is 23.1 Å². The number of rotatable bonds is 7. The molecule has 20 heavy (non-hydrogen) atoms. The number of sulfonamides is 1. The van der Waals surface area contributed by atoms with Crippen molar-refractivity contribution in [2.24, 2.45) is 0 Å². The van der Waals surface area contributed by atoms with Gasteiger partial charge in [-0.05, 0) is 31.9 Å². The minimum Gasteiger partial charge on any atom is -0.550 e. The minimum atomic E-state index is -3.67. The number of aliphatic carboxylic acids is 1. The van der Waals surface area contributed by atoms with Crippen molar-refractivity contribution in [3.63, 3.8) is 0 Å². The molecule has 0 N–H and O–H groups in total. The molecule has 0 aliphatic rings. The predicted octanol–water partition coefficient (Wildman–Crippen LogP) is 0.0398. The maximum Gasteiger partial charge on any atom is 0.242 e. The molecule has 0 aliphatic heterocycles. The minimum absolute atomic E-state index is 0.0680. The topological polar surface area (TPSA) is 94.6 Å². The molecule has 0 saturated heterocycles. The Labute approximate surface area is 118 Å². The number of hydrogen-bond acceptors (Lipinski definition) is 5. The van der Waals surface area contributed by atoms with Crippen LogP contribution in [0.3, 0.4) is 0 Å². The summed E-state index contributed by atoms with van der Waals surface area (Å²) in [5.74, 6) is -1.35. The standard InChI is InChI=1S/C13H17NO5S/c1-10(15)11-5-7-12(8-6-11)20(18,19)14(2)9-3-4-13(16)17/h5-8H,3-4,9H2,1-2H3,(H,16,17)/p-1. The monoisotopic (exact) mass is 298 g/mol. The van der Waals surface area contributed by atoms with Crippen LogP contribution in [0.15, 0.2) is 29.2 Å². The number of ketones is 1. The lowest BCUT2D eigenvalue weighted by atomic mass is 10.2. The van der Waals surface area contributed by atoms with Gasteiger partial charge in [-0.15, -0.1) is 0 Å². The molecule has 0 atom stereocenters. The zero-order valence-corrected chi connectivity index (χ0v) is 12.1. The zero-order valence-electron chi connectivity index (χ0n) is 11.3. The molecule has 6 nitrogen and oxygen atoms in total. The molecule has 0 heterocycles. The molecule has 0 unspecified atom stereocenters. The van der Waals surface area contributed by atoms with E-state index in [0.717, 1.165) is 4.31 Å². The summed E-state index contributed by atoms with van der Waals surface area (Å²) in [4.78, 5) is 21.5. The van der Waals surface area contributed by atoms with E-state index in [2.05, 4.69) is 0 Å². The molecule has 1 aromatic carbocycles. The Kier molecular flexibility index (Phi) is 5.41. The van der Waals surface area contributed by atoms with E-state index < -0.39 is 16.0 Å². The van der Waals surface area contributed by atoms with Gasteiger partial charge < -0.3 is 9.90 Å². The van der Waals surface area contributed by atoms with Gasteiger partial charge in [0.05, 0.1) is 4.90 Å². The molecule has 1 rings (SSSR count). The van der Waals surface area contributed by atoms with Crippen molar-refractivity contribution >= 4 is 21.8 Å². The van der Waals surface area contributed by atoms with Crippen LogP contribution in [0.5, 0.6) is 0 Å². The van der Waals surface area contributed by atoms with Crippen LogP contribution in [0, 0.1) is 0 Å². The maximum absolute atomic E-state index is 12.2. The first kappa shape index (κ1) is 16.3. The smallest absolute Gasteiger partial charge is 0.242 e. The molecule has 7 heteroatoms. The Morgan fingerprint density at radius 1 is 1.20 bits per heavy atom. The highest BCUT2D eigenvalue weighted by molar-refractivity contribution is 7.89. The largest absolute Gasteiger partial charge is 0.550 e. The first-order valence-corrected chi connectivity index (χ1v) is 7.46. The van der Waals surface area contributed by atoms with Crippen LogP contribution >= 0.6 is 0 Å². The SMILES string of the molecule is CC(=O)c1ccc(S(=O)(=O)N(C)CCCC(=O)[O-])cc1. The van der Waals surface area contributed by atoms with Gasteiger partial charge in [0.2, 0.25) is 10.0 Å². The summed E-state index contributed by atoms with van der Waals surface area (Å²) >= 11 is 0. The van der Waals surface area contributed by atoms with Crippen molar-refractivity contribution in [3.05, 3.63) is 29.8 Å². The molecule has 0 radical (unpaired) electrons. The molecule has 0 bridgehead atoms. The second-order valence-electron chi connectivity index (χ2n) is 4.38. The zero-order chi connectivity index (χ0) is 15.3. The molecule has 0 aromatic heterocycles. The summed E-state index contributed by atoms with van der Waals surface area (Å²) in [6, 6.07) is 5.62. The average molecular weight is 298 g/mol. The summed E-state index contributed by atoms with van der Waals surface area (Å²) in [6.07, 6.45) is -0.00722. The van der Waals surface area contributed by atoms with Crippen molar-refractivity contribution in [1.82, 2.24) is 4.31 Å². The van der Waals surface area contributed by atoms with Crippen LogP contribution in [-0.4, -0.2) is 38.1 Å². The molecule has 0 amide bonds. The highest BCUT2D eigenvalue weighted by Gasteiger charge is 2.20. The third-order valence-electron chi connectivity index (χ3n) is 2.82. The van der Waals surface area contributed by atoms with Crippen molar-refractivity contribution in [2.75, 3.05) is 13.6 Å². The molecule has 0 saturated carbocycles. The maximum atomic E-state index is 12.2. The Morgan fingerprint density at radius 3 is 2.20 bits per heavy atom. The Balaban J connectivity index is 2.81. The van der Waals surface area contributed by atoms with Crippen molar-refractivity contribution in [1.29, 1.82) is 0 Å². The van der Waals surface area contributed by atoms with Gasteiger partial charge >= 0.3 is 0 Å². The third-order valence-corrected chi connectivity index (χ3v) is 4.69. The Hall–Kier alpha value is -1.73. The van der Waals surface area contributed by atoms with Crippen LogP contribution in [0.2, 0.25) is 0 Å². The fourth-order valence-electron chi connectivity index (χ4n) is 1.61. The predicted molar refractivity (Wildman–Crippen MR) is 70.5 cm³/mol. The molecule has 110 valence electrons. The molecule has 1 aromatic rings. The third kappa shape index (κ3) is 4.14. The van der Waals surface area contributed by atoms with Gasteiger partial charge in [0.25, 0.3) is 0 Å². The van der Waals surface area contributed by atoms with Crippen molar-refractivity contribution < 1.29 is 23.1 Å². The second-order valence-corrected chi connectivity index (χ2v) is 6.43. The number of carbonyl (C=O) groups excluding carboxylic acids is 2. The summed E-state index contributed by atoms with van der Waals surface area (Å²) < 4.78 is 25.4. The number of carbonyl (C=O) groups is 2. The molecular formula is C13H16NO5S-. The van der Waals surface area contributed by atoms with Crippen LogP contribution in [-0.2, 0) is 14.8 Å². The van der Waals surface area contributed by atoms with E-state index >= 15 is 0 Å². The van der Waals surface area contributed by atoms with Gasteiger partial charge in [-0.2, -0.15) is 0 Å². The molecule has 0 aliphatic carbocycles. The highest BCUT2D eigenvalue weighted by atomic mass is 32.2. The first-order chi connectivity index (χ1) is 9.25. The van der Waals surface area contributed by atoms with Crippen LogP contribution in [0.4, 0.5) is 0 Å². The van der Waals surface area contributed by atoms with E-state index in [1.165, 1.54) is 38.2 Å². The van der Waals surface area contributed by atoms with E-state index in [1.807, 2.05) is 0 Å². The fraction of sp³-hybridized carbons (Fsp3) is 0.385. The van der Waals surface area contributed by atoms with E-state index in [0.29, 0.717) is 5.56 Å². The van der Waals surface area contributed by atoms with Gasteiger partial charge in [0, 0.05) is 25.1 Å². The Morgan fingerprint density at radius 2 is 1.75 bits per heavy atom. The summed E-state index contributed by atoms with van der Waals surface area (Å²) in [5.41, 5.74) is 0.434. The van der Waals surface area contributed by atoms with Gasteiger partial charge in [-0.3, -0.25) is 4.79 Å². The average Bonchev–Trinajstić information content (AvgIpc) is 2.38. The summed E-state index contributed by atoms with van der Waals surface area (Å²) in [5, 5.41) is 10.3. The van der Waals surface area contributed by atoms with Crippen LogP contribution in [0.25, 0.3) is 0 Å². The summed E-state index contributed by atoms with van der Waals surface area (Å²) in [7, 11) is -2.29. The lowest BCUT2D eigenvalue weighted by Gasteiger charge is -2.17. The highest BCUT2D eigenvalue weighted by Crippen LogP contribution is 2.16. The van der Waals surface area contributed by atoms with Crippen LogP contribution < -0.4 is 5.11 Å². The van der Waals surface area contributed by atoms with Gasteiger partial charge in [-0.25, -0.2) is 12.7 Å². The Bertz CT molecular complexity index is 592. The molecular weight excluding hydrogens is 282 g/mol. The van der Waals surface area contributed by atoms with Gasteiger partial charge in [0.1, 0.15) is 0 Å². The quantitative estimate of drug-likeness (QED) is 0.662. The lowest BCUT2D eigenvalue weighted by Crippen LogP contribution is -2.29. The number of nitrogens with zero attached hydrogens (tertiary/aromatic N) is 1. The fourth-order valence-corrected chi connectivity index (χ4v) is 2.82. The first-order valence-electron chi connectivity index (χ1n) is 6.02. The summed E-state index contributed by atoms with van der Waals surface area (Å²) in [6.45, 7) is 1.49. The second kappa shape index (κ2) is 6.62. The molecule has 0 spiro atoms.